The molecule has 94 valence electrons. The first kappa shape index (κ1) is 12.9. The van der Waals surface area contributed by atoms with Crippen molar-refractivity contribution in [3.63, 3.8) is 0 Å². The summed E-state index contributed by atoms with van der Waals surface area (Å²) >= 11 is 0. The molecule has 2 aromatic rings. The van der Waals surface area contributed by atoms with Crippen LogP contribution in [-0.4, -0.2) is 10.9 Å². The summed E-state index contributed by atoms with van der Waals surface area (Å²) in [7, 11) is 0. The first-order chi connectivity index (χ1) is 9.35. The second-order valence-corrected chi connectivity index (χ2v) is 4.06. The molecule has 0 radical (unpaired) electrons. The van der Waals surface area contributed by atoms with Crippen molar-refractivity contribution < 1.29 is 5.21 Å². The largest absolute Gasteiger partial charge is 0.411 e. The van der Waals surface area contributed by atoms with E-state index in [9.17, 15) is 0 Å². The molecule has 0 bridgehead atoms. The van der Waals surface area contributed by atoms with Gasteiger partial charge in [0.25, 0.3) is 0 Å². The van der Waals surface area contributed by atoms with E-state index < -0.39 is 0 Å². The fourth-order valence-electron chi connectivity index (χ4n) is 1.82. The summed E-state index contributed by atoms with van der Waals surface area (Å²) in [5.74, 6) is 6.25. The molecule has 1 N–H and O–H groups in total. The SMILES string of the molecule is CC/C(=N\O)c1ccccc1C#Cc1ccccc1. The van der Waals surface area contributed by atoms with Crippen LogP contribution < -0.4 is 0 Å². The lowest BCUT2D eigenvalue weighted by molar-refractivity contribution is 0.318. The highest BCUT2D eigenvalue weighted by Crippen LogP contribution is 2.11. The molecule has 0 heterocycles. The molecule has 0 spiro atoms. The molecule has 19 heavy (non-hydrogen) atoms. The van der Waals surface area contributed by atoms with Gasteiger partial charge in [-0.1, -0.05) is 60.3 Å². The van der Waals surface area contributed by atoms with E-state index in [-0.39, 0.29) is 0 Å². The van der Waals surface area contributed by atoms with Crippen LogP contribution in [0.4, 0.5) is 0 Å². The van der Waals surface area contributed by atoms with Crippen LogP contribution in [0.1, 0.15) is 30.0 Å². The highest BCUT2D eigenvalue weighted by Gasteiger charge is 2.05. The Balaban J connectivity index is 2.39. The third-order valence-electron chi connectivity index (χ3n) is 2.81. The maximum atomic E-state index is 9.03. The molecule has 2 aromatic carbocycles. The van der Waals surface area contributed by atoms with E-state index in [1.807, 2.05) is 61.5 Å². The smallest absolute Gasteiger partial charge is 0.0877 e. The van der Waals surface area contributed by atoms with Gasteiger partial charge in [-0.2, -0.15) is 0 Å². The maximum absolute atomic E-state index is 9.03. The van der Waals surface area contributed by atoms with Crippen LogP contribution in [0.2, 0.25) is 0 Å². The first-order valence-electron chi connectivity index (χ1n) is 6.22. The lowest BCUT2D eigenvalue weighted by Crippen LogP contribution is -2.01. The Labute approximate surface area is 113 Å². The van der Waals surface area contributed by atoms with Crippen molar-refractivity contribution in [2.75, 3.05) is 0 Å². The van der Waals surface area contributed by atoms with E-state index >= 15 is 0 Å². The van der Waals surface area contributed by atoms with Crippen LogP contribution in [0.15, 0.2) is 59.8 Å². The molecule has 0 aliphatic carbocycles. The summed E-state index contributed by atoms with van der Waals surface area (Å²) in [4.78, 5) is 0. The van der Waals surface area contributed by atoms with Crippen LogP contribution in [-0.2, 0) is 0 Å². The fourth-order valence-corrected chi connectivity index (χ4v) is 1.82. The number of benzene rings is 2. The molecule has 0 saturated heterocycles. The summed E-state index contributed by atoms with van der Waals surface area (Å²) < 4.78 is 0. The summed E-state index contributed by atoms with van der Waals surface area (Å²) in [5, 5.41) is 12.4. The lowest BCUT2D eigenvalue weighted by Gasteiger charge is -2.04. The van der Waals surface area contributed by atoms with E-state index in [1.165, 1.54) is 0 Å². The Hall–Kier alpha value is -2.53. The average molecular weight is 249 g/mol. The second kappa shape index (κ2) is 6.42. The van der Waals surface area contributed by atoms with Crippen molar-refractivity contribution in [1.29, 1.82) is 0 Å². The Morgan fingerprint density at radius 1 is 1.00 bits per heavy atom. The van der Waals surface area contributed by atoms with E-state index in [0.29, 0.717) is 12.1 Å². The van der Waals surface area contributed by atoms with Crippen LogP contribution in [0.5, 0.6) is 0 Å². The molecule has 0 aliphatic rings. The number of oxime groups is 1. The Kier molecular flexibility index (Phi) is 4.36. The molecule has 0 saturated carbocycles. The third kappa shape index (κ3) is 3.23. The van der Waals surface area contributed by atoms with Gasteiger partial charge >= 0.3 is 0 Å². The quantitative estimate of drug-likeness (QED) is 0.374. The molecular weight excluding hydrogens is 234 g/mol. The predicted octanol–water partition coefficient (Wildman–Crippen LogP) is 3.67. The average Bonchev–Trinajstić information content (AvgIpc) is 2.48. The van der Waals surface area contributed by atoms with Gasteiger partial charge in [-0.25, -0.2) is 0 Å². The summed E-state index contributed by atoms with van der Waals surface area (Å²) in [5.41, 5.74) is 3.38. The van der Waals surface area contributed by atoms with E-state index in [4.69, 9.17) is 5.21 Å². The van der Waals surface area contributed by atoms with Gasteiger partial charge in [0.15, 0.2) is 0 Å². The minimum atomic E-state index is 0.651. The molecule has 0 unspecified atom stereocenters. The molecule has 0 aromatic heterocycles. The summed E-state index contributed by atoms with van der Waals surface area (Å²) in [6, 6.07) is 17.5. The fraction of sp³-hybridized carbons (Fsp3) is 0.118. The van der Waals surface area contributed by atoms with E-state index in [1.54, 1.807) is 0 Å². The number of hydrogen-bond donors (Lipinski definition) is 1. The first-order valence-corrected chi connectivity index (χ1v) is 6.22. The monoisotopic (exact) mass is 249 g/mol. The zero-order chi connectivity index (χ0) is 13.5. The maximum Gasteiger partial charge on any atom is 0.0877 e. The number of nitrogens with zero attached hydrogens (tertiary/aromatic N) is 1. The third-order valence-corrected chi connectivity index (χ3v) is 2.81. The summed E-state index contributed by atoms with van der Waals surface area (Å²) in [6.07, 6.45) is 0.667. The van der Waals surface area contributed by atoms with Crippen molar-refractivity contribution in [3.05, 3.63) is 71.3 Å². The van der Waals surface area contributed by atoms with Crippen molar-refractivity contribution in [3.8, 4) is 11.8 Å². The minimum absolute atomic E-state index is 0.651. The van der Waals surface area contributed by atoms with Gasteiger partial charge in [-0.15, -0.1) is 0 Å². The molecule has 2 rings (SSSR count). The molecule has 0 fully saturated rings. The van der Waals surface area contributed by atoms with Gasteiger partial charge in [0.2, 0.25) is 0 Å². The van der Waals surface area contributed by atoms with E-state index in [0.717, 1.165) is 16.7 Å². The zero-order valence-corrected chi connectivity index (χ0v) is 10.8. The van der Waals surface area contributed by atoms with Gasteiger partial charge in [-0.05, 0) is 24.6 Å². The van der Waals surface area contributed by atoms with Crippen molar-refractivity contribution in [1.82, 2.24) is 0 Å². The Morgan fingerprint density at radius 2 is 1.68 bits per heavy atom. The standard InChI is InChI=1S/C17H15NO/c1-2-17(18-19)16-11-7-6-10-15(16)13-12-14-8-4-3-5-9-14/h3-11,19H,2H2,1H3/b18-17+. The molecular formula is C17H15NO. The number of hydrogen-bond acceptors (Lipinski definition) is 2. The number of rotatable bonds is 2. The molecule has 0 aliphatic heterocycles. The van der Waals surface area contributed by atoms with Gasteiger partial charge in [0.1, 0.15) is 0 Å². The van der Waals surface area contributed by atoms with Crippen LogP contribution in [0, 0.1) is 11.8 Å². The normalized spacial score (nSPS) is 10.7. The second-order valence-electron chi connectivity index (χ2n) is 4.06. The van der Waals surface area contributed by atoms with Crippen molar-refractivity contribution >= 4 is 5.71 Å². The highest BCUT2D eigenvalue weighted by atomic mass is 16.4. The summed E-state index contributed by atoms with van der Waals surface area (Å²) in [6.45, 7) is 1.95. The van der Waals surface area contributed by atoms with Crippen molar-refractivity contribution in [2.24, 2.45) is 5.16 Å². The van der Waals surface area contributed by atoms with Crippen LogP contribution in [0.3, 0.4) is 0 Å². The van der Waals surface area contributed by atoms with Crippen LogP contribution in [0.25, 0.3) is 0 Å². The van der Waals surface area contributed by atoms with Crippen LogP contribution >= 0.6 is 0 Å². The predicted molar refractivity (Wildman–Crippen MR) is 77.5 cm³/mol. The van der Waals surface area contributed by atoms with Crippen molar-refractivity contribution in [2.45, 2.75) is 13.3 Å². The van der Waals surface area contributed by atoms with Gasteiger partial charge in [0.05, 0.1) is 5.71 Å². The van der Waals surface area contributed by atoms with Gasteiger partial charge in [0, 0.05) is 16.7 Å². The van der Waals surface area contributed by atoms with Gasteiger partial charge in [-0.3, -0.25) is 0 Å². The Morgan fingerprint density at radius 3 is 2.37 bits per heavy atom. The molecule has 0 amide bonds. The molecule has 0 atom stereocenters. The van der Waals surface area contributed by atoms with Gasteiger partial charge < -0.3 is 5.21 Å². The minimum Gasteiger partial charge on any atom is -0.411 e. The van der Waals surface area contributed by atoms with E-state index in [2.05, 4.69) is 17.0 Å². The Bertz CT molecular complexity index is 633. The lowest BCUT2D eigenvalue weighted by atomic mass is 10.0. The molecule has 2 nitrogen and oxygen atoms in total. The topological polar surface area (TPSA) is 32.6 Å². The highest BCUT2D eigenvalue weighted by molar-refractivity contribution is 6.02. The molecule has 2 heteroatoms. The zero-order valence-electron chi connectivity index (χ0n) is 10.8.